The van der Waals surface area contributed by atoms with Crippen LogP contribution in [0.5, 0.6) is 0 Å². The molecule has 2 heterocycles. The normalized spacial score (nSPS) is 29.9. The molecule has 1 aliphatic rings. The average Bonchev–Trinajstić information content (AvgIpc) is 3.05. The Morgan fingerprint density at radius 3 is 2.67 bits per heavy atom. The number of hydrogen-bond acceptors (Lipinski definition) is 4. The van der Waals surface area contributed by atoms with Gasteiger partial charge in [-0.05, 0) is 0 Å². The van der Waals surface area contributed by atoms with Gasteiger partial charge in [0.25, 0.3) is 0 Å². The molecule has 0 spiro atoms. The summed E-state index contributed by atoms with van der Waals surface area (Å²) in [7, 11) is 0. The van der Waals surface area contributed by atoms with Crippen LogP contribution in [-0.2, 0) is 25.5 Å². The van der Waals surface area contributed by atoms with Crippen molar-refractivity contribution in [2.24, 2.45) is 11.8 Å². The van der Waals surface area contributed by atoms with Crippen molar-refractivity contribution in [1.29, 1.82) is 0 Å². The molecule has 0 aliphatic carbocycles. The zero-order chi connectivity index (χ0) is 17.7. The molecule has 0 radical (unpaired) electrons. The Morgan fingerprint density at radius 2 is 2.08 bits per heavy atom. The molecular weight excluding hydrogens is 422 g/mol. The quantitative estimate of drug-likeness (QED) is 0.535. The third-order valence-electron chi connectivity index (χ3n) is 4.78. The maximum absolute atomic E-state index is 12.4. The molecule has 134 valence electrons. The van der Waals surface area contributed by atoms with Crippen molar-refractivity contribution in [3.05, 3.63) is 19.8 Å². The van der Waals surface area contributed by atoms with E-state index in [2.05, 4.69) is 42.3 Å². The van der Waals surface area contributed by atoms with E-state index in [0.717, 1.165) is 12.8 Å². The fourth-order valence-corrected chi connectivity index (χ4v) is 5.20. The molecule has 3 unspecified atom stereocenters. The molecule has 0 bridgehead atoms. The van der Waals surface area contributed by atoms with Gasteiger partial charge in [-0.25, -0.2) is 0 Å². The first kappa shape index (κ1) is 19.5. The van der Waals surface area contributed by atoms with Crippen LogP contribution in [0.2, 0.25) is 0 Å². The van der Waals surface area contributed by atoms with E-state index in [1.165, 1.54) is 10.5 Å². The van der Waals surface area contributed by atoms with Gasteiger partial charge in [0.05, 0.1) is 0 Å². The van der Waals surface area contributed by atoms with Crippen molar-refractivity contribution in [2.75, 3.05) is 0 Å². The minimum absolute atomic E-state index is 0.00462. The Labute approximate surface area is 153 Å². The number of ether oxygens (including phenoxy) is 2. The van der Waals surface area contributed by atoms with Crippen LogP contribution in [0.25, 0.3) is 0 Å². The molecule has 1 aromatic rings. The van der Waals surface area contributed by atoms with Crippen LogP contribution in [0.15, 0.2) is 16.2 Å². The fourth-order valence-electron chi connectivity index (χ4n) is 3.18. The summed E-state index contributed by atoms with van der Waals surface area (Å²) in [5, 5.41) is 3.05. The molecule has 5 nitrogen and oxygen atoms in total. The van der Waals surface area contributed by atoms with Gasteiger partial charge in [0.2, 0.25) is 0 Å². The second-order valence-corrected chi connectivity index (χ2v) is 9.40. The maximum atomic E-state index is 12.4. The van der Waals surface area contributed by atoms with Crippen molar-refractivity contribution in [1.82, 2.24) is 5.32 Å². The van der Waals surface area contributed by atoms with Gasteiger partial charge in [0.1, 0.15) is 0 Å². The SMILES string of the molecule is CCC1OC(OC(C)=O)C(NC(=O)CCc2ccc[te]2)[C@@H](C)[C@@H]1C. The third-order valence-corrected chi connectivity index (χ3v) is 7.45. The number of carbonyl (C=O) groups excluding carboxylic acids is 2. The van der Waals surface area contributed by atoms with E-state index in [0.29, 0.717) is 12.3 Å². The van der Waals surface area contributed by atoms with Crippen LogP contribution in [0, 0.1) is 11.8 Å². The summed E-state index contributed by atoms with van der Waals surface area (Å²) in [4.78, 5) is 23.8. The minimum atomic E-state index is -0.705. The molecule has 1 fully saturated rings. The monoisotopic (exact) mass is 451 g/mol. The van der Waals surface area contributed by atoms with Crippen LogP contribution >= 0.6 is 0 Å². The number of aryl methyl sites for hydroxylation is 1. The van der Waals surface area contributed by atoms with Crippen LogP contribution in [-0.4, -0.2) is 50.7 Å². The summed E-state index contributed by atoms with van der Waals surface area (Å²) < 4.78 is 14.9. The summed E-state index contributed by atoms with van der Waals surface area (Å²) in [5.41, 5.74) is 0. The molecule has 0 aromatic carbocycles. The first-order valence-electron chi connectivity index (χ1n) is 8.56. The van der Waals surface area contributed by atoms with Crippen molar-refractivity contribution < 1.29 is 19.1 Å². The molecular formula is C18H27NO4Te. The summed E-state index contributed by atoms with van der Waals surface area (Å²) >= 11 is -0.188. The summed E-state index contributed by atoms with van der Waals surface area (Å²) in [6.07, 6.45) is 1.48. The second-order valence-electron chi connectivity index (χ2n) is 6.45. The Bertz CT molecular complexity index is 545. The topological polar surface area (TPSA) is 64.6 Å². The van der Waals surface area contributed by atoms with E-state index < -0.39 is 6.29 Å². The van der Waals surface area contributed by atoms with E-state index >= 15 is 0 Å². The average molecular weight is 449 g/mol. The molecule has 1 aromatic heterocycles. The predicted molar refractivity (Wildman–Crippen MR) is 92.7 cm³/mol. The molecule has 1 N–H and O–H groups in total. The van der Waals surface area contributed by atoms with Gasteiger partial charge >= 0.3 is 154 Å². The summed E-state index contributed by atoms with van der Waals surface area (Å²) in [6.45, 7) is 7.65. The first-order valence-corrected chi connectivity index (χ1v) is 11.1. The van der Waals surface area contributed by atoms with Crippen LogP contribution in [0.3, 0.4) is 0 Å². The zero-order valence-corrected chi connectivity index (χ0v) is 17.1. The fraction of sp³-hybridized carbons (Fsp3) is 0.667. The van der Waals surface area contributed by atoms with Gasteiger partial charge in [-0.1, -0.05) is 0 Å². The van der Waals surface area contributed by atoms with Gasteiger partial charge in [-0.3, -0.25) is 0 Å². The van der Waals surface area contributed by atoms with Gasteiger partial charge in [-0.15, -0.1) is 0 Å². The molecule has 5 atom stereocenters. The Balaban J connectivity index is 2.00. The molecule has 1 aliphatic heterocycles. The predicted octanol–water partition coefficient (Wildman–Crippen LogP) is 2.13. The van der Waals surface area contributed by atoms with Crippen LogP contribution in [0.4, 0.5) is 0 Å². The Kier molecular flexibility index (Phi) is 7.33. The first-order chi connectivity index (χ1) is 11.4. The number of carbonyl (C=O) groups is 2. The van der Waals surface area contributed by atoms with Crippen molar-refractivity contribution in [2.45, 2.75) is 65.4 Å². The third kappa shape index (κ3) is 5.08. The zero-order valence-electron chi connectivity index (χ0n) is 14.8. The number of nitrogens with one attached hydrogen (secondary N) is 1. The van der Waals surface area contributed by atoms with Gasteiger partial charge in [-0.2, -0.15) is 0 Å². The molecule has 6 heteroatoms. The Morgan fingerprint density at radius 1 is 1.33 bits per heavy atom. The van der Waals surface area contributed by atoms with Gasteiger partial charge in [0.15, 0.2) is 0 Å². The van der Waals surface area contributed by atoms with E-state index in [1.54, 1.807) is 0 Å². The number of amides is 1. The summed E-state index contributed by atoms with van der Waals surface area (Å²) in [6, 6.07) is 3.90. The number of hydrogen-bond donors (Lipinski definition) is 1. The van der Waals surface area contributed by atoms with Crippen molar-refractivity contribution in [3.63, 3.8) is 0 Å². The molecule has 1 saturated heterocycles. The molecule has 1 amide bonds. The van der Waals surface area contributed by atoms with Crippen molar-refractivity contribution >= 4 is 32.3 Å². The van der Waals surface area contributed by atoms with E-state index in [-0.39, 0.29) is 50.4 Å². The Hall–Kier alpha value is -0.830. The summed E-state index contributed by atoms with van der Waals surface area (Å²) in [5.74, 6) is 0.0811. The second kappa shape index (κ2) is 9.03. The van der Waals surface area contributed by atoms with Gasteiger partial charge in [0, 0.05) is 0 Å². The van der Waals surface area contributed by atoms with E-state index in [9.17, 15) is 9.59 Å². The van der Waals surface area contributed by atoms with Gasteiger partial charge < -0.3 is 0 Å². The van der Waals surface area contributed by atoms with E-state index in [4.69, 9.17) is 9.47 Å². The van der Waals surface area contributed by atoms with Crippen LogP contribution in [0.1, 0.15) is 44.1 Å². The van der Waals surface area contributed by atoms with Crippen molar-refractivity contribution in [3.8, 4) is 0 Å². The molecule has 0 saturated carbocycles. The number of rotatable bonds is 6. The molecule has 24 heavy (non-hydrogen) atoms. The number of esters is 1. The standard InChI is InChI=1S/C18H27NO4Te/c1-5-15-11(2)12(3)17(18(23-15)22-13(4)20)19-16(21)9-8-14-7-6-10-24-14/h6-7,10-12,15,17-18H,5,8-9H2,1-4H3,(H,19,21)/t11-,12-,15?,17?,18?/m0/s1. The van der Waals surface area contributed by atoms with Crippen LogP contribution < -0.4 is 5.32 Å². The molecule has 2 rings (SSSR count). The van der Waals surface area contributed by atoms with E-state index in [1.807, 2.05) is 0 Å².